The van der Waals surface area contributed by atoms with Crippen molar-refractivity contribution < 1.29 is 24.4 Å². The molecule has 0 bridgehead atoms. The molecule has 0 radical (unpaired) electrons. The Morgan fingerprint density at radius 3 is 2.44 bits per heavy atom. The summed E-state index contributed by atoms with van der Waals surface area (Å²) in [5.74, 6) is -5.06. The highest BCUT2D eigenvalue weighted by atomic mass is 16.6. The van der Waals surface area contributed by atoms with Gasteiger partial charge in [-0.2, -0.15) is 0 Å². The van der Waals surface area contributed by atoms with Crippen molar-refractivity contribution in [1.82, 2.24) is 5.32 Å². The number of nitro benzene ring substituents is 1. The third-order valence-corrected chi connectivity index (χ3v) is 6.68. The molecule has 9 nitrogen and oxygen atoms in total. The molecule has 4 atom stereocenters. The molecular weight excluding hydrogens is 414 g/mol. The molecule has 32 heavy (non-hydrogen) atoms. The summed E-state index contributed by atoms with van der Waals surface area (Å²) >= 11 is 0. The van der Waals surface area contributed by atoms with E-state index < -0.39 is 52.0 Å². The predicted octanol–water partition coefficient (Wildman–Crippen LogP) is 2.83. The standard InChI is InChI=1S/C23H23N3O6/c1-12(2)23(22(29)30)18-17(19(24-23)16-10-5-4-7-13(16)3)20(27)25(21(18)28)14-8-6-9-15(11-14)26(31)32/h4-12,17-19,24H,1-3H3,(H,29,30). The maximum absolute atomic E-state index is 13.6. The summed E-state index contributed by atoms with van der Waals surface area (Å²) in [6, 6.07) is 11.9. The first-order chi connectivity index (χ1) is 15.1. The highest BCUT2D eigenvalue weighted by Crippen LogP contribution is 2.52. The van der Waals surface area contributed by atoms with E-state index in [4.69, 9.17) is 0 Å². The van der Waals surface area contributed by atoms with Crippen LogP contribution in [0.15, 0.2) is 48.5 Å². The summed E-state index contributed by atoms with van der Waals surface area (Å²) in [6.07, 6.45) is 0. The van der Waals surface area contributed by atoms with Crippen molar-refractivity contribution in [1.29, 1.82) is 0 Å². The molecule has 2 aromatic rings. The summed E-state index contributed by atoms with van der Waals surface area (Å²) < 4.78 is 0. The number of non-ortho nitro benzene ring substituents is 1. The zero-order valence-electron chi connectivity index (χ0n) is 17.8. The van der Waals surface area contributed by atoms with E-state index in [1.807, 2.05) is 25.1 Å². The molecule has 166 valence electrons. The highest BCUT2D eigenvalue weighted by molar-refractivity contribution is 6.24. The number of nitrogens with one attached hydrogen (secondary N) is 1. The molecule has 2 aliphatic rings. The van der Waals surface area contributed by atoms with Gasteiger partial charge in [-0.3, -0.25) is 29.8 Å². The molecule has 0 aliphatic carbocycles. The van der Waals surface area contributed by atoms with Crippen LogP contribution in [-0.2, 0) is 14.4 Å². The quantitative estimate of drug-likeness (QED) is 0.418. The van der Waals surface area contributed by atoms with Crippen molar-refractivity contribution >= 4 is 29.2 Å². The molecular formula is C23H23N3O6. The molecule has 0 spiro atoms. The van der Waals surface area contributed by atoms with Crippen LogP contribution in [0.2, 0.25) is 0 Å². The summed E-state index contributed by atoms with van der Waals surface area (Å²) in [5, 5.41) is 24.6. The number of carboxylic acid groups (broad SMARTS) is 1. The largest absolute Gasteiger partial charge is 0.480 e. The minimum atomic E-state index is -1.67. The van der Waals surface area contributed by atoms with E-state index >= 15 is 0 Å². The zero-order chi connectivity index (χ0) is 23.4. The Morgan fingerprint density at radius 1 is 1.16 bits per heavy atom. The summed E-state index contributed by atoms with van der Waals surface area (Å²) in [5.41, 5.74) is -0.256. The lowest BCUT2D eigenvalue weighted by Gasteiger charge is -2.34. The fraction of sp³-hybridized carbons (Fsp3) is 0.348. The lowest BCUT2D eigenvalue weighted by atomic mass is 9.73. The molecule has 2 heterocycles. The number of amides is 2. The van der Waals surface area contributed by atoms with E-state index in [0.29, 0.717) is 0 Å². The van der Waals surface area contributed by atoms with Gasteiger partial charge >= 0.3 is 5.97 Å². The van der Waals surface area contributed by atoms with Crippen LogP contribution in [0.25, 0.3) is 0 Å². The maximum atomic E-state index is 13.6. The van der Waals surface area contributed by atoms with Gasteiger partial charge in [0.15, 0.2) is 0 Å². The number of rotatable bonds is 5. The van der Waals surface area contributed by atoms with Crippen molar-refractivity contribution in [2.24, 2.45) is 17.8 Å². The van der Waals surface area contributed by atoms with Crippen molar-refractivity contribution in [2.75, 3.05) is 4.90 Å². The van der Waals surface area contributed by atoms with Gasteiger partial charge in [0, 0.05) is 18.2 Å². The monoisotopic (exact) mass is 437 g/mol. The number of imide groups is 1. The van der Waals surface area contributed by atoms with Crippen LogP contribution in [0.3, 0.4) is 0 Å². The topological polar surface area (TPSA) is 130 Å². The van der Waals surface area contributed by atoms with Crippen LogP contribution in [-0.4, -0.2) is 33.4 Å². The second kappa shape index (κ2) is 7.52. The predicted molar refractivity (Wildman–Crippen MR) is 115 cm³/mol. The van der Waals surface area contributed by atoms with Gasteiger partial charge in [-0.1, -0.05) is 44.2 Å². The Labute approximate surface area is 184 Å². The molecule has 2 N–H and O–H groups in total. The van der Waals surface area contributed by atoms with Crippen LogP contribution in [0, 0.1) is 34.8 Å². The Kier molecular flexibility index (Phi) is 5.09. The molecule has 9 heteroatoms. The minimum absolute atomic E-state index is 0.0650. The lowest BCUT2D eigenvalue weighted by molar-refractivity contribution is -0.384. The molecule has 2 aliphatic heterocycles. The second-order valence-electron chi connectivity index (χ2n) is 8.60. The van der Waals surface area contributed by atoms with Crippen molar-refractivity contribution in [2.45, 2.75) is 32.4 Å². The normalized spacial score (nSPS) is 27.1. The average molecular weight is 437 g/mol. The smallest absolute Gasteiger partial charge is 0.325 e. The second-order valence-corrected chi connectivity index (χ2v) is 8.60. The van der Waals surface area contributed by atoms with E-state index in [2.05, 4.69) is 5.32 Å². The number of hydrogen-bond acceptors (Lipinski definition) is 6. The van der Waals surface area contributed by atoms with Gasteiger partial charge in [-0.15, -0.1) is 0 Å². The molecule has 2 fully saturated rings. The first-order valence-electron chi connectivity index (χ1n) is 10.3. The number of nitrogens with zero attached hydrogens (tertiary/aromatic N) is 2. The number of fused-ring (bicyclic) bond motifs is 1. The first-order valence-corrected chi connectivity index (χ1v) is 10.3. The van der Waals surface area contributed by atoms with Crippen molar-refractivity contribution in [3.05, 3.63) is 69.8 Å². The van der Waals surface area contributed by atoms with Crippen LogP contribution in [0.4, 0.5) is 11.4 Å². The third-order valence-electron chi connectivity index (χ3n) is 6.68. The van der Waals surface area contributed by atoms with Gasteiger partial charge in [0.2, 0.25) is 11.8 Å². The van der Waals surface area contributed by atoms with E-state index in [9.17, 15) is 29.6 Å². The van der Waals surface area contributed by atoms with Crippen LogP contribution >= 0.6 is 0 Å². The Morgan fingerprint density at radius 2 is 1.84 bits per heavy atom. The van der Waals surface area contributed by atoms with E-state index in [-0.39, 0.29) is 11.4 Å². The number of carbonyl (C=O) groups excluding carboxylic acids is 2. The number of nitro groups is 1. The van der Waals surface area contributed by atoms with Gasteiger partial charge in [0.1, 0.15) is 5.54 Å². The number of aliphatic carboxylic acids is 1. The van der Waals surface area contributed by atoms with E-state index in [0.717, 1.165) is 22.1 Å². The summed E-state index contributed by atoms with van der Waals surface area (Å²) in [4.78, 5) is 51.3. The van der Waals surface area contributed by atoms with Gasteiger partial charge in [0.05, 0.1) is 22.4 Å². The first kappa shape index (κ1) is 21.6. The molecule has 2 amide bonds. The van der Waals surface area contributed by atoms with E-state index in [1.54, 1.807) is 19.9 Å². The lowest BCUT2D eigenvalue weighted by Crippen LogP contribution is -2.59. The maximum Gasteiger partial charge on any atom is 0.325 e. The van der Waals surface area contributed by atoms with Gasteiger partial charge in [0.25, 0.3) is 5.69 Å². The Balaban J connectivity index is 1.90. The highest BCUT2D eigenvalue weighted by Gasteiger charge is 2.69. The minimum Gasteiger partial charge on any atom is -0.480 e. The van der Waals surface area contributed by atoms with Crippen LogP contribution in [0.1, 0.15) is 31.0 Å². The van der Waals surface area contributed by atoms with Gasteiger partial charge < -0.3 is 5.11 Å². The number of aryl methyl sites for hydroxylation is 1. The van der Waals surface area contributed by atoms with Crippen molar-refractivity contribution in [3.63, 3.8) is 0 Å². The van der Waals surface area contributed by atoms with Crippen LogP contribution in [0.5, 0.6) is 0 Å². The van der Waals surface area contributed by atoms with Gasteiger partial charge in [-0.25, -0.2) is 4.90 Å². The average Bonchev–Trinajstić information content (AvgIpc) is 3.23. The molecule has 2 saturated heterocycles. The molecule has 0 saturated carbocycles. The third kappa shape index (κ3) is 2.92. The Hall–Kier alpha value is -3.59. The number of anilines is 1. The summed E-state index contributed by atoms with van der Waals surface area (Å²) in [6.45, 7) is 5.26. The Bertz CT molecular complexity index is 1150. The molecule has 2 aromatic carbocycles. The molecule has 0 aromatic heterocycles. The summed E-state index contributed by atoms with van der Waals surface area (Å²) in [7, 11) is 0. The van der Waals surface area contributed by atoms with Crippen molar-refractivity contribution in [3.8, 4) is 0 Å². The molecule has 4 rings (SSSR count). The number of carbonyl (C=O) groups is 3. The number of carboxylic acids is 1. The van der Waals surface area contributed by atoms with Crippen LogP contribution < -0.4 is 10.2 Å². The fourth-order valence-electron chi connectivity index (χ4n) is 5.12. The SMILES string of the molecule is Cc1ccccc1C1NC(C(=O)O)(C(C)C)C2C(=O)N(c3cccc([N+](=O)[O-])c3)C(=O)C12. The van der Waals surface area contributed by atoms with Gasteiger partial charge in [-0.05, 0) is 30.0 Å². The molecule has 4 unspecified atom stereocenters. The zero-order valence-corrected chi connectivity index (χ0v) is 17.8. The number of hydrogen-bond donors (Lipinski definition) is 2. The number of benzene rings is 2. The van der Waals surface area contributed by atoms with E-state index in [1.165, 1.54) is 18.2 Å². The fourth-order valence-corrected chi connectivity index (χ4v) is 5.12.